The zero-order valence-electron chi connectivity index (χ0n) is 14.3. The molecule has 0 radical (unpaired) electrons. The fraction of sp³-hybridized carbons (Fsp3) is 0.474. The first-order chi connectivity index (χ1) is 11.5. The molecule has 1 aliphatic heterocycles. The summed E-state index contributed by atoms with van der Waals surface area (Å²) < 4.78 is 5.37. The van der Waals surface area contributed by atoms with Crippen LogP contribution in [0.5, 0.6) is 0 Å². The number of fused-ring (bicyclic) bond motifs is 1. The number of hydrogen-bond acceptors (Lipinski definition) is 4. The lowest BCUT2D eigenvalue weighted by atomic mass is 10.1. The topological polar surface area (TPSA) is 62.6 Å². The first kappa shape index (κ1) is 16.7. The van der Waals surface area contributed by atoms with E-state index in [1.165, 1.54) is 5.56 Å². The molecule has 1 aliphatic rings. The van der Waals surface area contributed by atoms with Crippen LogP contribution in [0.1, 0.15) is 31.4 Å². The number of hydrogen-bond donors (Lipinski definition) is 1. The molecule has 24 heavy (non-hydrogen) atoms. The number of carbonyl (C=O) groups is 1. The predicted molar refractivity (Wildman–Crippen MR) is 93.9 cm³/mol. The first-order valence-electron chi connectivity index (χ1n) is 8.57. The highest BCUT2D eigenvalue weighted by molar-refractivity contribution is 5.80. The number of rotatable bonds is 5. The van der Waals surface area contributed by atoms with E-state index >= 15 is 0 Å². The monoisotopic (exact) mass is 328 g/mol. The minimum Gasteiger partial charge on any atom is -0.423 e. The Labute approximate surface area is 141 Å². The van der Waals surface area contributed by atoms with Gasteiger partial charge < -0.3 is 9.73 Å². The van der Waals surface area contributed by atoms with Gasteiger partial charge in [-0.1, -0.05) is 19.1 Å². The molecule has 1 fully saturated rings. The van der Waals surface area contributed by atoms with Crippen molar-refractivity contribution in [3.05, 3.63) is 45.8 Å². The summed E-state index contributed by atoms with van der Waals surface area (Å²) >= 11 is 0. The van der Waals surface area contributed by atoms with Crippen LogP contribution in [0.15, 0.2) is 33.5 Å². The summed E-state index contributed by atoms with van der Waals surface area (Å²) in [5, 5.41) is 3.90. The van der Waals surface area contributed by atoms with Gasteiger partial charge in [-0.25, -0.2) is 4.79 Å². The Kier molecular flexibility index (Phi) is 5.00. The lowest BCUT2D eigenvalue weighted by Gasteiger charge is -2.17. The van der Waals surface area contributed by atoms with Gasteiger partial charge in [0.15, 0.2) is 0 Å². The highest BCUT2D eigenvalue weighted by atomic mass is 16.4. The second-order valence-corrected chi connectivity index (χ2v) is 6.60. The van der Waals surface area contributed by atoms with Crippen molar-refractivity contribution in [1.82, 2.24) is 10.2 Å². The Balaban J connectivity index is 1.76. The predicted octanol–water partition coefficient (Wildman–Crippen LogP) is 2.31. The lowest BCUT2D eigenvalue weighted by molar-refractivity contribution is -0.119. The molecule has 0 saturated carbocycles. The smallest absolute Gasteiger partial charge is 0.336 e. The minimum absolute atomic E-state index is 0.0202. The fourth-order valence-corrected chi connectivity index (χ4v) is 3.38. The van der Waals surface area contributed by atoms with Gasteiger partial charge >= 0.3 is 5.63 Å². The normalized spacial score (nSPS) is 18.2. The van der Waals surface area contributed by atoms with Crippen LogP contribution in [-0.4, -0.2) is 30.4 Å². The van der Waals surface area contributed by atoms with E-state index in [1.807, 2.05) is 6.07 Å². The number of amides is 1. The van der Waals surface area contributed by atoms with Gasteiger partial charge in [-0.15, -0.1) is 0 Å². The van der Waals surface area contributed by atoms with Crippen molar-refractivity contribution in [3.8, 4) is 0 Å². The molecule has 1 aromatic carbocycles. The second-order valence-electron chi connectivity index (χ2n) is 6.60. The molecule has 3 rings (SSSR count). The summed E-state index contributed by atoms with van der Waals surface area (Å²) in [5.41, 5.74) is 2.56. The Morgan fingerprint density at radius 3 is 2.96 bits per heavy atom. The lowest BCUT2D eigenvalue weighted by Crippen LogP contribution is -2.29. The maximum Gasteiger partial charge on any atom is 0.336 e. The molecular weight excluding hydrogens is 304 g/mol. The molecule has 1 N–H and O–H groups in total. The van der Waals surface area contributed by atoms with E-state index in [2.05, 4.69) is 29.3 Å². The van der Waals surface area contributed by atoms with Gasteiger partial charge in [0, 0.05) is 38.0 Å². The average molecular weight is 328 g/mol. The van der Waals surface area contributed by atoms with Gasteiger partial charge in [0.05, 0.1) is 0 Å². The molecule has 1 atom stereocenters. The van der Waals surface area contributed by atoms with Crippen LogP contribution in [0.3, 0.4) is 0 Å². The summed E-state index contributed by atoms with van der Waals surface area (Å²) in [6.45, 7) is 7.02. The molecule has 0 aliphatic carbocycles. The highest BCUT2D eigenvalue weighted by Crippen LogP contribution is 2.23. The average Bonchev–Trinajstić information content (AvgIpc) is 2.99. The maximum absolute atomic E-state index is 11.9. The van der Waals surface area contributed by atoms with Crippen LogP contribution in [-0.2, 0) is 17.8 Å². The van der Waals surface area contributed by atoms with Crippen LogP contribution >= 0.6 is 0 Å². The molecule has 1 unspecified atom stereocenters. The van der Waals surface area contributed by atoms with Gasteiger partial charge in [-0.05, 0) is 42.5 Å². The van der Waals surface area contributed by atoms with Gasteiger partial charge in [0.2, 0.25) is 5.91 Å². The summed E-state index contributed by atoms with van der Waals surface area (Å²) in [5.74, 6) is 0.499. The molecular formula is C19H24N2O3. The third-order valence-corrected chi connectivity index (χ3v) is 4.71. The number of nitrogens with one attached hydrogen (secondary N) is 1. The third-order valence-electron chi connectivity index (χ3n) is 4.71. The zero-order chi connectivity index (χ0) is 17.1. The van der Waals surface area contributed by atoms with Crippen LogP contribution < -0.4 is 10.9 Å². The molecule has 0 spiro atoms. The van der Waals surface area contributed by atoms with E-state index in [4.69, 9.17) is 4.42 Å². The van der Waals surface area contributed by atoms with Crippen molar-refractivity contribution in [1.29, 1.82) is 0 Å². The van der Waals surface area contributed by atoms with Crippen LogP contribution in [0, 0.1) is 5.92 Å². The molecule has 1 saturated heterocycles. The number of nitrogens with zero attached hydrogens (tertiary/aromatic N) is 1. The third kappa shape index (κ3) is 3.85. The van der Waals surface area contributed by atoms with Gasteiger partial charge in [-0.2, -0.15) is 0 Å². The minimum atomic E-state index is -0.292. The van der Waals surface area contributed by atoms with Crippen LogP contribution in [0.4, 0.5) is 0 Å². The van der Waals surface area contributed by atoms with E-state index in [-0.39, 0.29) is 11.5 Å². The largest absolute Gasteiger partial charge is 0.423 e. The van der Waals surface area contributed by atoms with Crippen molar-refractivity contribution >= 4 is 16.9 Å². The molecule has 2 aromatic rings. The van der Waals surface area contributed by atoms with Crippen LogP contribution in [0.2, 0.25) is 0 Å². The Morgan fingerprint density at radius 1 is 1.38 bits per heavy atom. The van der Waals surface area contributed by atoms with E-state index in [0.717, 1.165) is 50.0 Å². The molecule has 1 aromatic heterocycles. The Bertz CT molecular complexity index is 797. The Hall–Kier alpha value is -2.14. The van der Waals surface area contributed by atoms with Crippen molar-refractivity contribution in [2.24, 2.45) is 5.92 Å². The van der Waals surface area contributed by atoms with Crippen molar-refractivity contribution < 1.29 is 9.21 Å². The Morgan fingerprint density at radius 2 is 2.21 bits per heavy atom. The molecule has 5 heteroatoms. The van der Waals surface area contributed by atoms with Gasteiger partial charge in [0.25, 0.3) is 0 Å². The number of aryl methyl sites for hydroxylation is 1. The van der Waals surface area contributed by atoms with Crippen molar-refractivity contribution in [2.75, 3.05) is 19.6 Å². The highest BCUT2D eigenvalue weighted by Gasteiger charge is 2.23. The molecule has 2 heterocycles. The standard InChI is InChI=1S/C19H24N2O3/c1-3-14-4-5-17-16(9-19(23)24-18(17)8-14)12-21-7-6-15(11-21)10-20-13(2)22/h4-5,8-9,15H,3,6-7,10-12H2,1-2H3,(H,20,22). The summed E-state index contributed by atoms with van der Waals surface area (Å²) in [4.78, 5) is 25.3. The molecule has 1 amide bonds. The number of likely N-dealkylation sites (tertiary alicyclic amines) is 1. The van der Waals surface area contributed by atoms with Gasteiger partial charge in [-0.3, -0.25) is 9.69 Å². The second kappa shape index (κ2) is 7.18. The summed E-state index contributed by atoms with van der Waals surface area (Å²) in [6, 6.07) is 7.71. The van der Waals surface area contributed by atoms with Crippen molar-refractivity contribution in [2.45, 2.75) is 33.2 Å². The quantitative estimate of drug-likeness (QED) is 0.856. The summed E-state index contributed by atoms with van der Waals surface area (Å²) in [6.07, 6.45) is 1.99. The SMILES string of the molecule is CCc1ccc2c(CN3CCC(CNC(C)=O)C3)cc(=O)oc2c1. The van der Waals surface area contributed by atoms with E-state index in [0.29, 0.717) is 11.5 Å². The zero-order valence-corrected chi connectivity index (χ0v) is 14.3. The maximum atomic E-state index is 11.9. The number of benzene rings is 1. The number of carbonyl (C=O) groups excluding carboxylic acids is 1. The van der Waals surface area contributed by atoms with Crippen molar-refractivity contribution in [3.63, 3.8) is 0 Å². The fourth-order valence-electron chi connectivity index (χ4n) is 3.38. The first-order valence-corrected chi connectivity index (χ1v) is 8.57. The molecule has 5 nitrogen and oxygen atoms in total. The van der Waals surface area contributed by atoms with E-state index in [9.17, 15) is 9.59 Å². The van der Waals surface area contributed by atoms with Crippen LogP contribution in [0.25, 0.3) is 11.0 Å². The van der Waals surface area contributed by atoms with E-state index in [1.54, 1.807) is 13.0 Å². The van der Waals surface area contributed by atoms with E-state index < -0.39 is 0 Å². The summed E-state index contributed by atoms with van der Waals surface area (Å²) in [7, 11) is 0. The molecule has 128 valence electrons. The van der Waals surface area contributed by atoms with Gasteiger partial charge in [0.1, 0.15) is 5.58 Å². The molecule has 0 bridgehead atoms.